The van der Waals surface area contributed by atoms with Crippen LogP contribution in [0, 0.1) is 5.92 Å². The highest BCUT2D eigenvalue weighted by Gasteiger charge is 2.25. The average molecular weight is 266 g/mol. The van der Waals surface area contributed by atoms with Gasteiger partial charge in [-0.1, -0.05) is 26.8 Å². The van der Waals surface area contributed by atoms with Crippen LogP contribution in [0.4, 0.5) is 0 Å². The summed E-state index contributed by atoms with van der Waals surface area (Å²) in [6, 6.07) is 0.198. The van der Waals surface area contributed by atoms with Crippen LogP contribution < -0.4 is 5.32 Å². The minimum Gasteiger partial charge on any atom is -0.349 e. The zero-order chi connectivity index (χ0) is 14.4. The number of carbonyl (C=O) groups excluding carboxylic acids is 2. The van der Waals surface area contributed by atoms with E-state index in [2.05, 4.69) is 5.32 Å². The minimum absolute atomic E-state index is 0.0236. The van der Waals surface area contributed by atoms with Crippen molar-refractivity contribution in [3.8, 4) is 0 Å². The molecule has 1 N–H and O–H groups in total. The van der Waals surface area contributed by atoms with Crippen molar-refractivity contribution in [3.05, 3.63) is 11.6 Å². The van der Waals surface area contributed by atoms with Crippen LogP contribution in [-0.2, 0) is 9.59 Å². The van der Waals surface area contributed by atoms with Crippen molar-refractivity contribution in [2.45, 2.75) is 53.0 Å². The molecule has 0 spiro atoms. The second-order valence-electron chi connectivity index (χ2n) is 5.52. The zero-order valence-electron chi connectivity index (χ0n) is 12.5. The molecular weight excluding hydrogens is 240 g/mol. The van der Waals surface area contributed by atoms with Crippen molar-refractivity contribution in [1.82, 2.24) is 10.2 Å². The van der Waals surface area contributed by atoms with Gasteiger partial charge in [-0.05, 0) is 26.2 Å². The molecule has 0 aliphatic carbocycles. The molecule has 0 atom stereocenters. The Morgan fingerprint density at radius 2 is 1.89 bits per heavy atom. The molecule has 2 amide bonds. The fraction of sp³-hybridized carbons (Fsp3) is 0.733. The number of rotatable bonds is 4. The molecule has 4 nitrogen and oxygen atoms in total. The van der Waals surface area contributed by atoms with E-state index in [-0.39, 0.29) is 23.8 Å². The standard InChI is InChI=1S/C15H26N2O2/c1-5-6-12(4)14(18)16-13-7-9-17(10-8-13)15(19)11(2)3/h6,11,13H,5,7-10H2,1-4H3,(H,16,18). The van der Waals surface area contributed by atoms with Gasteiger partial charge in [0.1, 0.15) is 0 Å². The Balaban J connectivity index is 2.40. The molecule has 0 bridgehead atoms. The summed E-state index contributed by atoms with van der Waals surface area (Å²) in [7, 11) is 0. The Kier molecular flexibility index (Phi) is 6.06. The van der Waals surface area contributed by atoms with Gasteiger partial charge < -0.3 is 10.2 Å². The molecule has 1 saturated heterocycles. The van der Waals surface area contributed by atoms with Gasteiger partial charge in [0.05, 0.1) is 0 Å². The summed E-state index contributed by atoms with van der Waals surface area (Å²) in [4.78, 5) is 25.6. The van der Waals surface area contributed by atoms with Gasteiger partial charge in [-0.2, -0.15) is 0 Å². The fourth-order valence-corrected chi connectivity index (χ4v) is 2.31. The highest BCUT2D eigenvalue weighted by Crippen LogP contribution is 2.13. The van der Waals surface area contributed by atoms with Crippen molar-refractivity contribution in [1.29, 1.82) is 0 Å². The topological polar surface area (TPSA) is 49.4 Å². The molecule has 0 aromatic carbocycles. The predicted molar refractivity (Wildman–Crippen MR) is 76.6 cm³/mol. The smallest absolute Gasteiger partial charge is 0.246 e. The summed E-state index contributed by atoms with van der Waals surface area (Å²) in [5, 5.41) is 3.05. The fourth-order valence-electron chi connectivity index (χ4n) is 2.31. The second-order valence-corrected chi connectivity index (χ2v) is 5.52. The van der Waals surface area contributed by atoms with Gasteiger partial charge in [-0.25, -0.2) is 0 Å². The van der Waals surface area contributed by atoms with Crippen molar-refractivity contribution >= 4 is 11.8 Å². The number of likely N-dealkylation sites (tertiary alicyclic amines) is 1. The average Bonchev–Trinajstić information content (AvgIpc) is 2.38. The summed E-state index contributed by atoms with van der Waals surface area (Å²) in [6.07, 6.45) is 4.51. The van der Waals surface area contributed by atoms with Crippen molar-refractivity contribution < 1.29 is 9.59 Å². The molecule has 1 heterocycles. The van der Waals surface area contributed by atoms with E-state index in [0.717, 1.165) is 37.9 Å². The molecule has 0 saturated carbocycles. The molecule has 1 fully saturated rings. The van der Waals surface area contributed by atoms with Crippen LogP contribution in [0.1, 0.15) is 47.0 Å². The molecule has 0 aromatic rings. The minimum atomic E-state index is 0.0236. The summed E-state index contributed by atoms with van der Waals surface area (Å²) < 4.78 is 0. The predicted octanol–water partition coefficient (Wildman–Crippen LogP) is 2.11. The van der Waals surface area contributed by atoms with Gasteiger partial charge in [0.15, 0.2) is 0 Å². The van der Waals surface area contributed by atoms with Gasteiger partial charge in [0.25, 0.3) is 0 Å². The molecule has 1 aliphatic rings. The van der Waals surface area contributed by atoms with E-state index in [4.69, 9.17) is 0 Å². The lowest BCUT2D eigenvalue weighted by atomic mass is 10.0. The molecule has 0 aromatic heterocycles. The Morgan fingerprint density at radius 3 is 2.37 bits per heavy atom. The van der Waals surface area contributed by atoms with Crippen LogP contribution in [0.2, 0.25) is 0 Å². The molecule has 0 radical (unpaired) electrons. The van der Waals surface area contributed by atoms with Gasteiger partial charge in [-0.3, -0.25) is 9.59 Å². The second kappa shape index (κ2) is 7.31. The number of allylic oxidation sites excluding steroid dienone is 1. The third kappa shape index (κ3) is 4.69. The van der Waals surface area contributed by atoms with Crippen molar-refractivity contribution in [2.24, 2.45) is 5.92 Å². The zero-order valence-corrected chi connectivity index (χ0v) is 12.5. The van der Waals surface area contributed by atoms with Crippen LogP contribution >= 0.6 is 0 Å². The maximum atomic E-state index is 11.9. The van der Waals surface area contributed by atoms with Gasteiger partial charge in [0, 0.05) is 30.6 Å². The largest absolute Gasteiger partial charge is 0.349 e. The first kappa shape index (κ1) is 15.7. The van der Waals surface area contributed by atoms with E-state index in [0.29, 0.717) is 0 Å². The maximum absolute atomic E-state index is 11.9. The molecule has 1 rings (SSSR count). The van der Waals surface area contributed by atoms with Crippen LogP contribution in [0.5, 0.6) is 0 Å². The number of piperidine rings is 1. The number of carbonyl (C=O) groups is 2. The van der Waals surface area contributed by atoms with E-state index in [1.54, 1.807) is 0 Å². The summed E-state index contributed by atoms with van der Waals surface area (Å²) in [5.41, 5.74) is 0.781. The maximum Gasteiger partial charge on any atom is 0.246 e. The highest BCUT2D eigenvalue weighted by molar-refractivity contribution is 5.92. The van der Waals surface area contributed by atoms with E-state index in [1.165, 1.54) is 0 Å². The number of nitrogens with one attached hydrogen (secondary N) is 1. The SMILES string of the molecule is CCC=C(C)C(=O)NC1CCN(C(=O)C(C)C)CC1. The van der Waals surface area contributed by atoms with Crippen molar-refractivity contribution in [2.75, 3.05) is 13.1 Å². The Labute approximate surface area is 116 Å². The van der Waals surface area contributed by atoms with Crippen LogP contribution in [0.15, 0.2) is 11.6 Å². The number of hydrogen-bond donors (Lipinski definition) is 1. The van der Waals surface area contributed by atoms with Crippen LogP contribution in [-0.4, -0.2) is 35.8 Å². The van der Waals surface area contributed by atoms with Crippen LogP contribution in [0.3, 0.4) is 0 Å². The number of amides is 2. The Hall–Kier alpha value is -1.32. The molecule has 0 unspecified atom stereocenters. The van der Waals surface area contributed by atoms with E-state index in [1.807, 2.05) is 38.7 Å². The lowest BCUT2D eigenvalue weighted by Gasteiger charge is -2.33. The molecule has 108 valence electrons. The van der Waals surface area contributed by atoms with E-state index < -0.39 is 0 Å². The first-order valence-corrected chi connectivity index (χ1v) is 7.22. The quantitative estimate of drug-likeness (QED) is 0.792. The number of hydrogen-bond acceptors (Lipinski definition) is 2. The number of nitrogens with zero attached hydrogens (tertiary/aromatic N) is 1. The van der Waals surface area contributed by atoms with E-state index in [9.17, 15) is 9.59 Å². The third-order valence-electron chi connectivity index (χ3n) is 3.50. The van der Waals surface area contributed by atoms with Gasteiger partial charge in [0.2, 0.25) is 11.8 Å². The summed E-state index contributed by atoms with van der Waals surface area (Å²) >= 11 is 0. The van der Waals surface area contributed by atoms with Crippen LogP contribution in [0.25, 0.3) is 0 Å². The monoisotopic (exact) mass is 266 g/mol. The first-order valence-electron chi connectivity index (χ1n) is 7.22. The third-order valence-corrected chi connectivity index (χ3v) is 3.50. The van der Waals surface area contributed by atoms with Gasteiger partial charge >= 0.3 is 0 Å². The molecular formula is C15H26N2O2. The van der Waals surface area contributed by atoms with Crippen molar-refractivity contribution in [3.63, 3.8) is 0 Å². The Bertz CT molecular complexity index is 353. The lowest BCUT2D eigenvalue weighted by Crippen LogP contribution is -2.47. The van der Waals surface area contributed by atoms with E-state index >= 15 is 0 Å². The van der Waals surface area contributed by atoms with Gasteiger partial charge in [-0.15, -0.1) is 0 Å². The Morgan fingerprint density at radius 1 is 1.32 bits per heavy atom. The molecule has 1 aliphatic heterocycles. The summed E-state index contributed by atoms with van der Waals surface area (Å²) in [6.45, 7) is 9.21. The molecule has 4 heteroatoms. The molecule has 19 heavy (non-hydrogen) atoms. The summed E-state index contributed by atoms with van der Waals surface area (Å²) in [5.74, 6) is 0.295. The first-order chi connectivity index (χ1) is 8.95. The highest BCUT2D eigenvalue weighted by atomic mass is 16.2. The lowest BCUT2D eigenvalue weighted by molar-refractivity contribution is -0.135. The normalized spacial score (nSPS) is 17.7.